The summed E-state index contributed by atoms with van der Waals surface area (Å²) in [4.78, 5) is 26.5. The summed E-state index contributed by atoms with van der Waals surface area (Å²) in [5, 5.41) is 27.3. The summed E-state index contributed by atoms with van der Waals surface area (Å²) in [6, 6.07) is 17.2. The number of ether oxygens (including phenoxy) is 4. The lowest BCUT2D eigenvalue weighted by molar-refractivity contribution is 0.198. The topological polar surface area (TPSA) is 229 Å². The van der Waals surface area contributed by atoms with Crippen LogP contribution in [0.1, 0.15) is 11.6 Å². The number of aromatic nitrogens is 7. The van der Waals surface area contributed by atoms with Crippen molar-refractivity contribution in [3.8, 4) is 28.9 Å². The Morgan fingerprint density at radius 3 is 2.41 bits per heavy atom. The van der Waals surface area contributed by atoms with Gasteiger partial charge in [-0.05, 0) is 77.3 Å². The molecule has 4 heterocycles. The standard InChI is InChI=1S/C32H30N10O8S/c1-47-21-12-14-22(15-13-21)51(45,46)39-27-26(50-24-10-4-3-9-23(24)48-2)28(49-20-19-42(31(43)44)25-11-5-7-17-33-25)36-29(35-27)32(16-6-8-18-34-32)30-37-40-41-38-30/h3-18,34H,19-20H2,1-2H3,(H,43,44)(H,35,36,39)(H,37,38,40,41). The van der Waals surface area contributed by atoms with E-state index < -0.39 is 21.7 Å². The Bertz CT molecular complexity index is 2150. The van der Waals surface area contributed by atoms with Crippen LogP contribution in [0.4, 0.5) is 16.4 Å². The van der Waals surface area contributed by atoms with Gasteiger partial charge in [0.1, 0.15) is 18.2 Å². The van der Waals surface area contributed by atoms with Crippen molar-refractivity contribution in [3.05, 3.63) is 109 Å². The van der Waals surface area contributed by atoms with Crippen molar-refractivity contribution in [2.24, 2.45) is 0 Å². The van der Waals surface area contributed by atoms with E-state index in [4.69, 9.17) is 18.9 Å². The summed E-state index contributed by atoms with van der Waals surface area (Å²) >= 11 is 0. The molecule has 1 amide bonds. The number of nitrogens with one attached hydrogen (secondary N) is 3. The molecule has 0 saturated carbocycles. The molecule has 3 aromatic heterocycles. The molecule has 1 aliphatic heterocycles. The Balaban J connectivity index is 1.50. The molecule has 1 atom stereocenters. The lowest BCUT2D eigenvalue weighted by Gasteiger charge is -2.29. The van der Waals surface area contributed by atoms with Gasteiger partial charge in [0, 0.05) is 6.20 Å². The number of tetrazole rings is 1. The fourth-order valence-corrected chi connectivity index (χ4v) is 5.88. The quantitative estimate of drug-likeness (QED) is 0.129. The number of carbonyl (C=O) groups is 1. The first-order valence-electron chi connectivity index (χ1n) is 15.0. The van der Waals surface area contributed by atoms with Crippen molar-refractivity contribution < 1.29 is 37.3 Å². The van der Waals surface area contributed by atoms with Gasteiger partial charge in [-0.1, -0.05) is 24.3 Å². The Hall–Kier alpha value is -6.76. The molecule has 0 saturated heterocycles. The van der Waals surface area contributed by atoms with Gasteiger partial charge in [-0.2, -0.15) is 4.98 Å². The zero-order chi connectivity index (χ0) is 35.8. The van der Waals surface area contributed by atoms with Gasteiger partial charge < -0.3 is 29.4 Å². The van der Waals surface area contributed by atoms with Gasteiger partial charge in [0.05, 0.1) is 25.7 Å². The van der Waals surface area contributed by atoms with Crippen LogP contribution in [0, 0.1) is 0 Å². The number of pyridine rings is 1. The second-order valence-electron chi connectivity index (χ2n) is 10.5. The minimum absolute atomic E-state index is 0.0729. The van der Waals surface area contributed by atoms with Crippen molar-refractivity contribution in [3.63, 3.8) is 0 Å². The van der Waals surface area contributed by atoms with Gasteiger partial charge in [0.25, 0.3) is 15.9 Å². The molecule has 262 valence electrons. The van der Waals surface area contributed by atoms with E-state index >= 15 is 0 Å². The van der Waals surface area contributed by atoms with Crippen molar-refractivity contribution in [2.45, 2.75) is 10.4 Å². The highest BCUT2D eigenvalue weighted by atomic mass is 32.2. The van der Waals surface area contributed by atoms with Crippen LogP contribution >= 0.6 is 0 Å². The summed E-state index contributed by atoms with van der Waals surface area (Å²) in [6.45, 7) is -0.489. The molecule has 0 radical (unpaired) electrons. The zero-order valence-corrected chi connectivity index (χ0v) is 27.8. The Labute approximate surface area is 290 Å². The number of aromatic amines is 1. The predicted octanol–water partition coefficient (Wildman–Crippen LogP) is 3.48. The highest BCUT2D eigenvalue weighted by molar-refractivity contribution is 7.92. The largest absolute Gasteiger partial charge is 0.497 e. The molecule has 19 heteroatoms. The SMILES string of the molecule is COc1ccc(S(=O)(=O)Nc2nc(C3(c4nnn[nH]4)C=CC=CN3)nc(OCCN(C(=O)O)c3ccccn3)c2Oc2ccccc2OC)cc1. The molecule has 4 N–H and O–H groups in total. The van der Waals surface area contributed by atoms with E-state index in [0.29, 0.717) is 11.5 Å². The first-order valence-corrected chi connectivity index (χ1v) is 16.5. The maximum Gasteiger partial charge on any atom is 0.413 e. The van der Waals surface area contributed by atoms with Crippen LogP contribution in [0.3, 0.4) is 0 Å². The lowest BCUT2D eigenvalue weighted by atomic mass is 9.95. The maximum absolute atomic E-state index is 13.9. The molecule has 0 bridgehead atoms. The number of anilines is 2. The molecule has 5 aromatic rings. The number of H-pyrrole nitrogens is 1. The molecular formula is C32H30N10O8S. The molecule has 1 unspecified atom stereocenters. The van der Waals surface area contributed by atoms with Crippen molar-refractivity contribution >= 4 is 27.8 Å². The number of amides is 1. The van der Waals surface area contributed by atoms with Crippen molar-refractivity contribution in [2.75, 3.05) is 37.0 Å². The van der Waals surface area contributed by atoms with Gasteiger partial charge in [0.2, 0.25) is 5.75 Å². The summed E-state index contributed by atoms with van der Waals surface area (Å²) in [7, 11) is -1.45. The first kappa shape index (κ1) is 34.1. The molecule has 6 rings (SSSR count). The van der Waals surface area contributed by atoms with E-state index in [1.54, 1.807) is 60.8 Å². The van der Waals surface area contributed by atoms with Crippen LogP contribution in [0.2, 0.25) is 0 Å². The lowest BCUT2D eigenvalue weighted by Crippen LogP contribution is -2.43. The minimum atomic E-state index is -4.35. The second-order valence-corrected chi connectivity index (χ2v) is 12.1. The highest BCUT2D eigenvalue weighted by Gasteiger charge is 2.41. The number of allylic oxidation sites excluding steroid dienone is 2. The van der Waals surface area contributed by atoms with Crippen LogP contribution in [0.25, 0.3) is 0 Å². The number of benzene rings is 2. The van der Waals surface area contributed by atoms with E-state index in [-0.39, 0.29) is 58.7 Å². The monoisotopic (exact) mass is 714 g/mol. The van der Waals surface area contributed by atoms with Crippen LogP contribution in [-0.4, -0.2) is 82.6 Å². The summed E-state index contributed by atoms with van der Waals surface area (Å²) in [6.07, 6.45) is 6.85. The Morgan fingerprint density at radius 1 is 0.980 bits per heavy atom. The average Bonchev–Trinajstić information content (AvgIpc) is 3.71. The van der Waals surface area contributed by atoms with Crippen molar-refractivity contribution in [1.29, 1.82) is 0 Å². The van der Waals surface area contributed by atoms with E-state index in [1.165, 1.54) is 50.7 Å². The molecule has 51 heavy (non-hydrogen) atoms. The number of dihydropyridines is 1. The molecule has 2 aromatic carbocycles. The smallest absolute Gasteiger partial charge is 0.413 e. The first-order chi connectivity index (χ1) is 24.7. The van der Waals surface area contributed by atoms with Gasteiger partial charge >= 0.3 is 6.09 Å². The average molecular weight is 715 g/mol. The number of rotatable bonds is 14. The minimum Gasteiger partial charge on any atom is -0.497 e. The number of nitrogens with zero attached hydrogens (tertiary/aromatic N) is 7. The van der Waals surface area contributed by atoms with E-state index in [1.807, 2.05) is 0 Å². The number of methoxy groups -OCH3 is 2. The molecular weight excluding hydrogens is 684 g/mol. The van der Waals surface area contributed by atoms with Crippen LogP contribution < -0.4 is 33.9 Å². The number of para-hydroxylation sites is 2. The fourth-order valence-electron chi connectivity index (χ4n) is 4.88. The second kappa shape index (κ2) is 14.8. The normalized spacial score (nSPS) is 15.0. The number of sulfonamides is 1. The summed E-state index contributed by atoms with van der Waals surface area (Å²) < 4.78 is 53.3. The molecule has 0 spiro atoms. The summed E-state index contributed by atoms with van der Waals surface area (Å²) in [5.74, 6) is 0.293. The van der Waals surface area contributed by atoms with Gasteiger partial charge in [0.15, 0.2) is 34.5 Å². The van der Waals surface area contributed by atoms with Crippen LogP contribution in [0.5, 0.6) is 28.9 Å². The third-order valence-electron chi connectivity index (χ3n) is 7.36. The molecule has 1 aliphatic rings. The number of carboxylic acid groups (broad SMARTS) is 1. The molecule has 0 fully saturated rings. The number of hydrogen-bond donors (Lipinski definition) is 4. The Kier molecular flexibility index (Phi) is 9.89. The summed E-state index contributed by atoms with van der Waals surface area (Å²) in [5.41, 5.74) is -1.46. The highest BCUT2D eigenvalue weighted by Crippen LogP contribution is 2.42. The molecule has 18 nitrogen and oxygen atoms in total. The third-order valence-corrected chi connectivity index (χ3v) is 8.72. The van der Waals surface area contributed by atoms with Crippen LogP contribution in [0.15, 0.2) is 102 Å². The fraction of sp³-hybridized carbons (Fsp3) is 0.156. The Morgan fingerprint density at radius 2 is 1.76 bits per heavy atom. The maximum atomic E-state index is 13.9. The van der Waals surface area contributed by atoms with Crippen LogP contribution in [-0.2, 0) is 15.6 Å². The van der Waals surface area contributed by atoms with E-state index in [0.717, 1.165) is 4.90 Å². The number of hydrogen-bond acceptors (Lipinski definition) is 14. The third kappa shape index (κ3) is 7.32. The van der Waals surface area contributed by atoms with Gasteiger partial charge in [-0.15, -0.1) is 5.10 Å². The van der Waals surface area contributed by atoms with E-state index in [9.17, 15) is 18.3 Å². The van der Waals surface area contributed by atoms with E-state index in [2.05, 4.69) is 45.6 Å². The van der Waals surface area contributed by atoms with Gasteiger partial charge in [-0.25, -0.2) is 28.3 Å². The molecule has 0 aliphatic carbocycles. The van der Waals surface area contributed by atoms with Gasteiger partial charge in [-0.3, -0.25) is 9.62 Å². The zero-order valence-electron chi connectivity index (χ0n) is 27.0. The van der Waals surface area contributed by atoms with Crippen molar-refractivity contribution in [1.82, 2.24) is 40.9 Å². The predicted molar refractivity (Wildman–Crippen MR) is 180 cm³/mol.